The lowest BCUT2D eigenvalue weighted by molar-refractivity contribution is -0.150. The Bertz CT molecular complexity index is 345. The van der Waals surface area contributed by atoms with Crippen molar-refractivity contribution in [3.05, 3.63) is 0 Å². The van der Waals surface area contributed by atoms with E-state index in [4.69, 9.17) is 15.0 Å². The second-order valence-corrected chi connectivity index (χ2v) is 7.93. The Morgan fingerprint density at radius 2 is 2.00 bits per heavy atom. The van der Waals surface area contributed by atoms with Crippen LogP contribution in [0, 0.1) is 23.2 Å². The summed E-state index contributed by atoms with van der Waals surface area (Å²) in [5, 5.41) is 0. The summed E-state index contributed by atoms with van der Waals surface area (Å²) in [4.78, 5) is 0. The molecule has 4 rings (SSSR count). The summed E-state index contributed by atoms with van der Waals surface area (Å²) in [5.41, 5.74) is 6.64. The van der Waals surface area contributed by atoms with E-state index in [1.165, 1.54) is 12.8 Å². The summed E-state index contributed by atoms with van der Waals surface area (Å²) in [6.45, 7) is 9.22. The molecule has 0 amide bonds. The average Bonchev–Trinajstić information content (AvgIpc) is 2.68. The summed E-state index contributed by atoms with van der Waals surface area (Å²) >= 11 is 0. The fourth-order valence-corrected chi connectivity index (χ4v) is 4.47. The van der Waals surface area contributed by atoms with Crippen LogP contribution in [-0.2, 0) is 9.31 Å². The minimum Gasteiger partial charge on any atom is -0.406 e. The molecule has 0 aromatic rings. The highest BCUT2D eigenvalue weighted by Gasteiger charge is 2.61. The van der Waals surface area contributed by atoms with E-state index < -0.39 is 0 Å². The van der Waals surface area contributed by atoms with Crippen LogP contribution in [0.3, 0.4) is 0 Å². The van der Waals surface area contributed by atoms with Crippen LogP contribution in [0.5, 0.6) is 0 Å². The number of rotatable bonds is 4. The van der Waals surface area contributed by atoms with Crippen molar-refractivity contribution in [2.75, 3.05) is 0 Å². The number of nitrogens with two attached hydrogens (primary N) is 1. The molecule has 3 saturated carbocycles. The van der Waals surface area contributed by atoms with E-state index in [1.54, 1.807) is 0 Å². The Morgan fingerprint density at radius 1 is 1.26 bits per heavy atom. The third kappa shape index (κ3) is 2.36. The second kappa shape index (κ2) is 4.75. The minimum absolute atomic E-state index is 0.0566. The van der Waals surface area contributed by atoms with Crippen molar-refractivity contribution in [2.24, 2.45) is 28.9 Å². The third-order valence-corrected chi connectivity index (χ3v) is 5.73. The van der Waals surface area contributed by atoms with Gasteiger partial charge in [-0.25, -0.2) is 0 Å². The molecular weight excluding hydrogens is 237 g/mol. The van der Waals surface area contributed by atoms with Gasteiger partial charge in [0.05, 0.1) is 12.2 Å². The largest absolute Gasteiger partial charge is 0.459 e. The molecule has 5 atom stereocenters. The zero-order valence-corrected chi connectivity index (χ0v) is 12.8. The molecule has 0 aromatic carbocycles. The zero-order valence-electron chi connectivity index (χ0n) is 12.8. The Balaban J connectivity index is 1.56. The molecule has 19 heavy (non-hydrogen) atoms. The molecule has 2 bridgehead atoms. The highest BCUT2D eigenvalue weighted by atomic mass is 16.7. The van der Waals surface area contributed by atoms with Crippen molar-refractivity contribution in [3.63, 3.8) is 0 Å². The molecule has 0 radical (unpaired) electrons. The van der Waals surface area contributed by atoms with E-state index in [1.807, 2.05) is 0 Å². The first-order chi connectivity index (χ1) is 8.88. The molecule has 4 heteroatoms. The minimum atomic E-state index is -0.0566. The Hall–Kier alpha value is -0.0551. The van der Waals surface area contributed by atoms with Crippen LogP contribution in [-0.4, -0.2) is 25.4 Å². The lowest BCUT2D eigenvalue weighted by Gasteiger charge is -2.60. The van der Waals surface area contributed by atoms with Crippen molar-refractivity contribution in [2.45, 2.75) is 71.5 Å². The zero-order chi connectivity index (χ0) is 13.8. The molecule has 3 aliphatic carbocycles. The molecule has 3 nitrogen and oxygen atoms in total. The highest BCUT2D eigenvalue weighted by Crippen LogP contribution is 2.61. The maximum atomic E-state index is 6.20. The number of hydrogen-bond acceptors (Lipinski definition) is 3. The van der Waals surface area contributed by atoms with Gasteiger partial charge in [0.15, 0.2) is 0 Å². The van der Waals surface area contributed by atoms with Gasteiger partial charge in [0.2, 0.25) is 0 Å². The normalized spacial score (nSPS) is 41.1. The standard InChI is InChI=1S/C15H28BNO2/c1-9(2)5-11(17)8-16-18-13-7-10-6-12(14(13)19-16)15(10,3)4/h9-14H,5-8,17H2,1-4H3/t10?,11-,12+,13?,14-/m0/s1. The van der Waals surface area contributed by atoms with Crippen LogP contribution in [0.25, 0.3) is 0 Å². The topological polar surface area (TPSA) is 44.5 Å². The van der Waals surface area contributed by atoms with Crippen LogP contribution < -0.4 is 5.73 Å². The quantitative estimate of drug-likeness (QED) is 0.795. The van der Waals surface area contributed by atoms with E-state index in [0.717, 1.165) is 18.7 Å². The van der Waals surface area contributed by atoms with Gasteiger partial charge >= 0.3 is 7.12 Å². The van der Waals surface area contributed by atoms with E-state index in [-0.39, 0.29) is 13.2 Å². The summed E-state index contributed by atoms with van der Waals surface area (Å²) in [6.07, 6.45) is 5.09. The van der Waals surface area contributed by atoms with Crippen LogP contribution >= 0.6 is 0 Å². The molecule has 4 aliphatic rings. The fraction of sp³-hybridized carbons (Fsp3) is 1.00. The summed E-state index contributed by atoms with van der Waals surface area (Å²) in [6, 6.07) is 0.202. The van der Waals surface area contributed by atoms with Crippen LogP contribution in [0.15, 0.2) is 0 Å². The molecule has 108 valence electrons. The van der Waals surface area contributed by atoms with Gasteiger partial charge in [0.1, 0.15) is 0 Å². The predicted octanol–water partition coefficient (Wildman–Crippen LogP) is 2.70. The molecule has 1 saturated heterocycles. The fourth-order valence-electron chi connectivity index (χ4n) is 4.47. The molecule has 2 unspecified atom stereocenters. The first kappa shape index (κ1) is 13.9. The monoisotopic (exact) mass is 265 g/mol. The van der Waals surface area contributed by atoms with E-state index in [2.05, 4.69) is 27.7 Å². The van der Waals surface area contributed by atoms with Gasteiger partial charge in [-0.15, -0.1) is 0 Å². The first-order valence-corrected chi connectivity index (χ1v) is 7.94. The molecule has 1 aliphatic heterocycles. The third-order valence-electron chi connectivity index (χ3n) is 5.73. The van der Waals surface area contributed by atoms with Crippen LogP contribution in [0.4, 0.5) is 0 Å². The maximum absolute atomic E-state index is 6.20. The molecule has 2 N–H and O–H groups in total. The van der Waals surface area contributed by atoms with Gasteiger partial charge in [0, 0.05) is 6.04 Å². The Labute approximate surface area is 117 Å². The van der Waals surface area contributed by atoms with Gasteiger partial charge < -0.3 is 15.0 Å². The summed E-state index contributed by atoms with van der Waals surface area (Å²) < 4.78 is 12.3. The van der Waals surface area contributed by atoms with E-state index in [0.29, 0.717) is 29.5 Å². The Morgan fingerprint density at radius 3 is 2.63 bits per heavy atom. The lowest BCUT2D eigenvalue weighted by atomic mass is 9.47. The van der Waals surface area contributed by atoms with Gasteiger partial charge in [-0.2, -0.15) is 0 Å². The number of hydrogen-bond donors (Lipinski definition) is 1. The Kier molecular flexibility index (Phi) is 3.47. The van der Waals surface area contributed by atoms with E-state index in [9.17, 15) is 0 Å². The molecule has 4 fully saturated rings. The maximum Gasteiger partial charge on any atom is 0.459 e. The van der Waals surface area contributed by atoms with Gasteiger partial charge in [0.25, 0.3) is 0 Å². The molecule has 0 spiro atoms. The van der Waals surface area contributed by atoms with Gasteiger partial charge in [-0.1, -0.05) is 27.7 Å². The molecular formula is C15H28BNO2. The first-order valence-electron chi connectivity index (χ1n) is 7.94. The van der Waals surface area contributed by atoms with Crippen molar-refractivity contribution in [1.82, 2.24) is 0 Å². The summed E-state index contributed by atoms with van der Waals surface area (Å²) in [7, 11) is -0.0566. The van der Waals surface area contributed by atoms with Gasteiger partial charge in [-0.3, -0.25) is 0 Å². The predicted molar refractivity (Wildman–Crippen MR) is 77.7 cm³/mol. The molecule has 1 heterocycles. The van der Waals surface area contributed by atoms with Crippen LogP contribution in [0.2, 0.25) is 6.32 Å². The van der Waals surface area contributed by atoms with Crippen molar-refractivity contribution in [3.8, 4) is 0 Å². The van der Waals surface area contributed by atoms with Crippen molar-refractivity contribution in [1.29, 1.82) is 0 Å². The van der Waals surface area contributed by atoms with Crippen LogP contribution in [0.1, 0.15) is 47.0 Å². The summed E-state index contributed by atoms with van der Waals surface area (Å²) in [5.74, 6) is 2.18. The van der Waals surface area contributed by atoms with Gasteiger partial charge in [-0.05, 0) is 48.8 Å². The van der Waals surface area contributed by atoms with E-state index >= 15 is 0 Å². The molecule has 0 aromatic heterocycles. The highest BCUT2D eigenvalue weighted by molar-refractivity contribution is 6.45. The lowest BCUT2D eigenvalue weighted by Crippen LogP contribution is -2.59. The average molecular weight is 265 g/mol. The smallest absolute Gasteiger partial charge is 0.406 e. The van der Waals surface area contributed by atoms with Crippen molar-refractivity contribution < 1.29 is 9.31 Å². The second-order valence-electron chi connectivity index (χ2n) is 7.93. The van der Waals surface area contributed by atoms with Crippen molar-refractivity contribution >= 4 is 7.12 Å². The SMILES string of the molecule is CC(C)C[C@H](N)CB1OC2CC3C[C@H]([C@@H]2O1)C3(C)C.